The van der Waals surface area contributed by atoms with Gasteiger partial charge in [-0.15, -0.1) is 0 Å². The number of esters is 1. The highest BCUT2D eigenvalue weighted by Crippen LogP contribution is 2.42. The minimum atomic E-state index is -0.677. The zero-order valence-electron chi connectivity index (χ0n) is 16.3. The average Bonchev–Trinajstić information content (AvgIpc) is 3.18. The zero-order chi connectivity index (χ0) is 20.1. The Morgan fingerprint density at radius 2 is 1.64 bits per heavy atom. The fraction of sp³-hybridized carbons (Fsp3) is 0.391. The lowest BCUT2D eigenvalue weighted by Gasteiger charge is -2.27. The number of carbonyl (C=O) groups is 2. The molecule has 28 heavy (non-hydrogen) atoms. The van der Waals surface area contributed by atoms with Crippen molar-refractivity contribution in [3.63, 3.8) is 0 Å². The van der Waals surface area contributed by atoms with Crippen LogP contribution in [0.3, 0.4) is 0 Å². The van der Waals surface area contributed by atoms with E-state index in [1.807, 2.05) is 36.4 Å². The highest BCUT2D eigenvalue weighted by Gasteiger charge is 2.44. The van der Waals surface area contributed by atoms with Crippen molar-refractivity contribution in [1.29, 1.82) is 0 Å². The average molecular weight is 400 g/mol. The number of anilines is 1. The van der Waals surface area contributed by atoms with E-state index in [2.05, 4.69) is 19.2 Å². The van der Waals surface area contributed by atoms with Crippen molar-refractivity contribution in [1.82, 2.24) is 0 Å². The first-order valence-electron chi connectivity index (χ1n) is 9.74. The van der Waals surface area contributed by atoms with Crippen LogP contribution in [0.5, 0.6) is 0 Å². The molecule has 4 nitrogen and oxygen atoms in total. The minimum absolute atomic E-state index is 0.292. The van der Waals surface area contributed by atoms with E-state index in [0.717, 1.165) is 31.2 Å². The van der Waals surface area contributed by atoms with Crippen LogP contribution in [-0.4, -0.2) is 18.5 Å². The Balaban J connectivity index is 1.61. The summed E-state index contributed by atoms with van der Waals surface area (Å²) in [4.78, 5) is 25.1. The van der Waals surface area contributed by atoms with E-state index in [0.29, 0.717) is 16.6 Å². The predicted octanol–water partition coefficient (Wildman–Crippen LogP) is 5.46. The van der Waals surface area contributed by atoms with Gasteiger partial charge < -0.3 is 10.1 Å². The van der Waals surface area contributed by atoms with E-state index < -0.39 is 5.41 Å². The van der Waals surface area contributed by atoms with Crippen LogP contribution in [-0.2, 0) is 19.7 Å². The number of rotatable bonds is 6. The molecule has 0 aromatic heterocycles. The molecule has 2 aromatic rings. The quantitative estimate of drug-likeness (QED) is 0.656. The first-order valence-corrected chi connectivity index (χ1v) is 10.1. The van der Waals surface area contributed by atoms with Crippen LogP contribution in [0.1, 0.15) is 56.6 Å². The van der Waals surface area contributed by atoms with E-state index in [1.165, 1.54) is 5.56 Å². The van der Waals surface area contributed by atoms with Gasteiger partial charge in [0.15, 0.2) is 6.61 Å². The van der Waals surface area contributed by atoms with Crippen LogP contribution >= 0.6 is 11.6 Å². The summed E-state index contributed by atoms with van der Waals surface area (Å²) >= 11 is 5.98. The molecule has 0 spiro atoms. The van der Waals surface area contributed by atoms with Gasteiger partial charge in [0.1, 0.15) is 0 Å². The monoisotopic (exact) mass is 399 g/mol. The second-order valence-electron chi connectivity index (χ2n) is 7.70. The lowest BCUT2D eigenvalue weighted by molar-refractivity contribution is -0.153. The molecule has 0 radical (unpaired) electrons. The molecular formula is C23H26ClNO3. The molecule has 148 valence electrons. The van der Waals surface area contributed by atoms with Gasteiger partial charge in [0.05, 0.1) is 5.41 Å². The van der Waals surface area contributed by atoms with Gasteiger partial charge in [0, 0.05) is 10.7 Å². The van der Waals surface area contributed by atoms with E-state index in [-0.39, 0.29) is 18.5 Å². The van der Waals surface area contributed by atoms with Crippen molar-refractivity contribution in [3.8, 4) is 0 Å². The molecule has 5 heteroatoms. The van der Waals surface area contributed by atoms with Crippen LogP contribution in [0.15, 0.2) is 48.5 Å². The molecule has 1 fully saturated rings. The standard InChI is InChI=1S/C23H26ClNO3/c1-16(2)17-5-11-20(12-6-17)25-21(26)15-28-22(27)23(13-3-4-14-23)18-7-9-19(24)10-8-18/h5-12,16H,3-4,13-15H2,1-2H3,(H,25,26). The summed E-state index contributed by atoms with van der Waals surface area (Å²) in [6.07, 6.45) is 3.38. The smallest absolute Gasteiger partial charge is 0.317 e. The Labute approximate surface area is 171 Å². The zero-order valence-corrected chi connectivity index (χ0v) is 17.1. The van der Waals surface area contributed by atoms with E-state index in [9.17, 15) is 9.59 Å². The van der Waals surface area contributed by atoms with Gasteiger partial charge in [0.2, 0.25) is 0 Å². The van der Waals surface area contributed by atoms with Crippen molar-refractivity contribution >= 4 is 29.2 Å². The summed E-state index contributed by atoms with van der Waals surface area (Å²) in [6.45, 7) is 3.94. The third kappa shape index (κ3) is 4.56. The van der Waals surface area contributed by atoms with Crippen molar-refractivity contribution in [2.75, 3.05) is 11.9 Å². The van der Waals surface area contributed by atoms with Gasteiger partial charge >= 0.3 is 5.97 Å². The molecule has 0 saturated heterocycles. The Bertz CT molecular complexity index is 822. The molecule has 1 N–H and O–H groups in total. The highest BCUT2D eigenvalue weighted by atomic mass is 35.5. The highest BCUT2D eigenvalue weighted by molar-refractivity contribution is 6.30. The third-order valence-corrected chi connectivity index (χ3v) is 5.69. The van der Waals surface area contributed by atoms with Gasteiger partial charge in [0.25, 0.3) is 5.91 Å². The van der Waals surface area contributed by atoms with Gasteiger partial charge in [-0.2, -0.15) is 0 Å². The van der Waals surface area contributed by atoms with Crippen molar-refractivity contribution in [2.45, 2.75) is 50.9 Å². The van der Waals surface area contributed by atoms with E-state index in [1.54, 1.807) is 12.1 Å². The molecule has 0 bridgehead atoms. The van der Waals surface area contributed by atoms with Crippen LogP contribution in [0.4, 0.5) is 5.69 Å². The molecule has 3 rings (SSSR count). The number of halogens is 1. The predicted molar refractivity (Wildman–Crippen MR) is 112 cm³/mol. The van der Waals surface area contributed by atoms with Crippen molar-refractivity contribution < 1.29 is 14.3 Å². The molecule has 1 amide bonds. The number of amides is 1. The number of hydrogen-bond donors (Lipinski definition) is 1. The minimum Gasteiger partial charge on any atom is -0.455 e. The third-order valence-electron chi connectivity index (χ3n) is 5.44. The fourth-order valence-electron chi connectivity index (χ4n) is 3.78. The summed E-state index contributed by atoms with van der Waals surface area (Å²) in [7, 11) is 0. The normalized spacial score (nSPS) is 15.4. The molecule has 1 aliphatic rings. The number of benzene rings is 2. The summed E-state index contributed by atoms with van der Waals surface area (Å²) < 4.78 is 5.43. The van der Waals surface area contributed by atoms with Crippen LogP contribution in [0.2, 0.25) is 5.02 Å². The van der Waals surface area contributed by atoms with Crippen LogP contribution < -0.4 is 5.32 Å². The van der Waals surface area contributed by atoms with Gasteiger partial charge in [-0.3, -0.25) is 9.59 Å². The molecule has 2 aromatic carbocycles. The number of ether oxygens (including phenoxy) is 1. The summed E-state index contributed by atoms with van der Waals surface area (Å²) in [5, 5.41) is 3.41. The Morgan fingerprint density at radius 3 is 2.21 bits per heavy atom. The van der Waals surface area contributed by atoms with E-state index >= 15 is 0 Å². The topological polar surface area (TPSA) is 55.4 Å². The lowest BCUT2D eigenvalue weighted by atomic mass is 9.79. The molecule has 0 heterocycles. The maximum atomic E-state index is 12.9. The molecule has 1 aliphatic carbocycles. The largest absolute Gasteiger partial charge is 0.455 e. The Hall–Kier alpha value is -2.33. The maximum Gasteiger partial charge on any atom is 0.317 e. The first kappa shape index (κ1) is 20.4. The van der Waals surface area contributed by atoms with Gasteiger partial charge in [-0.05, 0) is 54.2 Å². The Morgan fingerprint density at radius 1 is 1.04 bits per heavy atom. The summed E-state index contributed by atoms with van der Waals surface area (Å²) in [5.74, 6) is -0.242. The van der Waals surface area contributed by atoms with Gasteiger partial charge in [-0.1, -0.05) is 62.6 Å². The molecule has 1 saturated carbocycles. The second-order valence-corrected chi connectivity index (χ2v) is 8.13. The lowest BCUT2D eigenvalue weighted by Crippen LogP contribution is -2.36. The van der Waals surface area contributed by atoms with Crippen LogP contribution in [0.25, 0.3) is 0 Å². The molecular weight excluding hydrogens is 374 g/mol. The van der Waals surface area contributed by atoms with Crippen molar-refractivity contribution in [2.24, 2.45) is 0 Å². The number of carbonyl (C=O) groups excluding carboxylic acids is 2. The van der Waals surface area contributed by atoms with Crippen LogP contribution in [0, 0.1) is 0 Å². The fourth-order valence-corrected chi connectivity index (χ4v) is 3.90. The molecule has 0 unspecified atom stereocenters. The summed E-state index contributed by atoms with van der Waals surface area (Å²) in [6, 6.07) is 15.0. The summed E-state index contributed by atoms with van der Waals surface area (Å²) in [5.41, 5.74) is 2.13. The number of hydrogen-bond acceptors (Lipinski definition) is 3. The second kappa shape index (κ2) is 8.78. The Kier molecular flexibility index (Phi) is 6.40. The van der Waals surface area contributed by atoms with Gasteiger partial charge in [-0.25, -0.2) is 0 Å². The number of nitrogens with one attached hydrogen (secondary N) is 1. The molecule has 0 atom stereocenters. The van der Waals surface area contributed by atoms with E-state index in [4.69, 9.17) is 16.3 Å². The SMILES string of the molecule is CC(C)c1ccc(NC(=O)COC(=O)C2(c3ccc(Cl)cc3)CCCC2)cc1. The van der Waals surface area contributed by atoms with Crippen molar-refractivity contribution in [3.05, 3.63) is 64.7 Å². The maximum absolute atomic E-state index is 12.9. The molecule has 0 aliphatic heterocycles. The first-order chi connectivity index (χ1) is 13.4.